The zero-order valence-corrected chi connectivity index (χ0v) is 14.3. The van der Waals surface area contributed by atoms with Crippen LogP contribution in [0.3, 0.4) is 0 Å². The first-order valence-electron chi connectivity index (χ1n) is 4.62. The molecule has 0 saturated carbocycles. The first-order chi connectivity index (χ1) is 4.91. The topological polar surface area (TPSA) is 0 Å². The summed E-state index contributed by atoms with van der Waals surface area (Å²) in [6.45, 7) is 13.2. The Morgan fingerprint density at radius 2 is 1.00 bits per heavy atom. The average Bonchev–Trinajstić information content (AvgIpc) is 2.10. The van der Waals surface area contributed by atoms with E-state index in [9.17, 15) is 0 Å². The molecule has 2 heteroatoms. The molecule has 0 amide bonds. The van der Waals surface area contributed by atoms with Gasteiger partial charge in [0, 0.05) is 0 Å². The van der Waals surface area contributed by atoms with Gasteiger partial charge in [0.1, 0.15) is 0 Å². The minimum atomic E-state index is 0. The lowest BCUT2D eigenvalue weighted by Gasteiger charge is -2.21. The first-order valence-corrected chi connectivity index (χ1v) is 4.62. The quantitative estimate of drug-likeness (QED) is 0.378. The molecule has 0 atom stereocenters. The Hall–Kier alpha value is 1.20. The minimum absolute atomic E-state index is 0. The Bertz CT molecular complexity index is 130. The van der Waals surface area contributed by atoms with Crippen molar-refractivity contribution in [3.8, 4) is 0 Å². The van der Waals surface area contributed by atoms with Crippen LogP contribution in [0.25, 0.3) is 0 Å². The van der Waals surface area contributed by atoms with Gasteiger partial charge in [-0.05, 0) is 17.3 Å². The van der Waals surface area contributed by atoms with Crippen LogP contribution in [0.2, 0.25) is 0 Å². The summed E-state index contributed by atoms with van der Waals surface area (Å²) in [5, 5.41) is 0. The van der Waals surface area contributed by atoms with Crippen LogP contribution in [0.1, 0.15) is 48.0 Å². The van der Waals surface area contributed by atoms with Gasteiger partial charge in [-0.3, -0.25) is 0 Å². The Balaban J connectivity index is -0.000000234. The lowest BCUT2D eigenvalue weighted by molar-refractivity contribution is 0.334. The summed E-state index contributed by atoms with van der Waals surface area (Å²) in [6.07, 6.45) is 5.94. The van der Waals surface area contributed by atoms with Crippen LogP contribution in [0.4, 0.5) is 0 Å². The van der Waals surface area contributed by atoms with Crippen molar-refractivity contribution in [2.45, 2.75) is 48.0 Å². The predicted octanol–water partition coefficient (Wildman–Crippen LogP) is 5.26. The Labute approximate surface area is 118 Å². The molecule has 0 N–H and O–H groups in total. The van der Waals surface area contributed by atoms with Crippen LogP contribution in [0.5, 0.6) is 0 Å². The summed E-state index contributed by atoms with van der Waals surface area (Å²) >= 11 is 0. The molecule has 0 bridgehead atoms. The Kier molecular flexibility index (Phi) is 11.4. The maximum atomic E-state index is 2.33. The van der Waals surface area contributed by atoms with Crippen LogP contribution in [0.15, 0.2) is 12.2 Å². The van der Waals surface area contributed by atoms with Gasteiger partial charge in [-0.1, -0.05) is 53.7 Å². The van der Waals surface area contributed by atoms with Crippen molar-refractivity contribution in [2.24, 2.45) is 10.8 Å². The molecule has 82 valence electrons. The molecule has 0 aromatic carbocycles. The molecule has 1 aliphatic carbocycles. The van der Waals surface area contributed by atoms with E-state index >= 15 is 0 Å². The van der Waals surface area contributed by atoms with Crippen LogP contribution in [-0.4, -0.2) is 0 Å². The van der Waals surface area contributed by atoms with Crippen molar-refractivity contribution in [1.82, 2.24) is 0 Å². The van der Waals surface area contributed by atoms with Gasteiger partial charge in [-0.15, -0.1) is 48.0 Å². The summed E-state index contributed by atoms with van der Waals surface area (Å²) in [5.41, 5.74) is 0.896. The number of allylic oxidation sites excluding steroid dienone is 2. The number of hydrogen-bond donors (Lipinski definition) is 0. The normalized spacial score (nSPS) is 20.5. The molecule has 0 aromatic heterocycles. The monoisotopic (exact) mass is 410 g/mol. The van der Waals surface area contributed by atoms with Crippen LogP contribution < -0.4 is 0 Å². The van der Waals surface area contributed by atoms with Crippen molar-refractivity contribution in [3.63, 3.8) is 0 Å². The lowest BCUT2D eigenvalue weighted by Crippen LogP contribution is -2.11. The molecular weight excluding hydrogens is 386 g/mol. The van der Waals surface area contributed by atoms with Crippen molar-refractivity contribution in [3.05, 3.63) is 12.2 Å². The summed E-state index contributed by atoms with van der Waals surface area (Å²) in [7, 11) is 0. The molecule has 0 unspecified atom stereocenters. The largest absolute Gasteiger partial charge is 0.107 e. The lowest BCUT2D eigenvalue weighted by atomic mass is 9.83. The van der Waals surface area contributed by atoms with E-state index in [1.165, 1.54) is 6.42 Å². The van der Waals surface area contributed by atoms with Crippen molar-refractivity contribution < 1.29 is 0 Å². The van der Waals surface area contributed by atoms with Gasteiger partial charge < -0.3 is 0 Å². The van der Waals surface area contributed by atoms with E-state index in [4.69, 9.17) is 0 Å². The second kappa shape index (κ2) is 7.49. The molecule has 0 heterocycles. The third kappa shape index (κ3) is 8.21. The summed E-state index contributed by atoms with van der Waals surface area (Å²) in [5.74, 6) is 0. The molecule has 0 aromatic rings. The van der Waals surface area contributed by atoms with E-state index in [1.54, 1.807) is 0 Å². The molecule has 0 aliphatic heterocycles. The second-order valence-electron chi connectivity index (χ2n) is 4.49. The van der Waals surface area contributed by atoms with Gasteiger partial charge in [-0.2, -0.15) is 0 Å². The average molecular weight is 410 g/mol. The molecule has 0 nitrogen and oxygen atoms in total. The van der Waals surface area contributed by atoms with E-state index in [2.05, 4.69) is 39.8 Å². The van der Waals surface area contributed by atoms with Gasteiger partial charge in [0.05, 0.1) is 0 Å². The van der Waals surface area contributed by atoms with E-state index < -0.39 is 0 Å². The van der Waals surface area contributed by atoms with Crippen molar-refractivity contribution >= 4 is 48.0 Å². The highest BCUT2D eigenvalue weighted by Crippen LogP contribution is 2.42. The fraction of sp³-hybridized carbons (Fsp3) is 0.818. The van der Waals surface area contributed by atoms with E-state index in [-0.39, 0.29) is 48.0 Å². The number of hydrogen-bond acceptors (Lipinski definition) is 0. The smallest absolute Gasteiger partial charge is 0.0167 e. The van der Waals surface area contributed by atoms with Gasteiger partial charge in [0.25, 0.3) is 0 Å². The van der Waals surface area contributed by atoms with E-state index in [0.29, 0.717) is 10.8 Å². The molecular formula is C11H24I2. The van der Waals surface area contributed by atoms with Crippen LogP contribution in [0, 0.1) is 10.8 Å². The highest BCUT2D eigenvalue weighted by atomic mass is 127. The van der Waals surface area contributed by atoms with Gasteiger partial charge in [0.2, 0.25) is 0 Å². The minimum Gasteiger partial charge on any atom is -0.107 e. The van der Waals surface area contributed by atoms with Crippen molar-refractivity contribution in [1.29, 1.82) is 0 Å². The molecule has 0 fully saturated rings. The molecule has 0 radical (unpaired) electrons. The van der Waals surface area contributed by atoms with Gasteiger partial charge in [0.15, 0.2) is 0 Å². The Morgan fingerprint density at radius 1 is 0.769 bits per heavy atom. The highest BCUT2D eigenvalue weighted by molar-refractivity contribution is 14.0. The standard InChI is InChI=1S/C9H16.C2H6.2HI/c1-8(2)5-6-9(3,4)7-8;1-2;;/h5-6H,7H2,1-4H3;1-2H3;2*1H. The fourth-order valence-corrected chi connectivity index (χ4v) is 1.74. The molecule has 1 rings (SSSR count). The van der Waals surface area contributed by atoms with Crippen LogP contribution in [-0.2, 0) is 0 Å². The van der Waals surface area contributed by atoms with E-state index in [1.807, 2.05) is 13.8 Å². The summed E-state index contributed by atoms with van der Waals surface area (Å²) in [4.78, 5) is 0. The summed E-state index contributed by atoms with van der Waals surface area (Å²) in [6, 6.07) is 0. The highest BCUT2D eigenvalue weighted by Gasteiger charge is 2.30. The Morgan fingerprint density at radius 3 is 1.08 bits per heavy atom. The second-order valence-corrected chi connectivity index (χ2v) is 4.49. The molecule has 1 aliphatic rings. The number of halogens is 2. The molecule has 0 spiro atoms. The fourth-order valence-electron chi connectivity index (χ4n) is 1.74. The SMILES string of the molecule is CC.CC1(C)C=CC(C)(C)C1.I.I. The van der Waals surface area contributed by atoms with Gasteiger partial charge in [-0.25, -0.2) is 0 Å². The van der Waals surface area contributed by atoms with Crippen molar-refractivity contribution in [2.75, 3.05) is 0 Å². The molecule has 13 heavy (non-hydrogen) atoms. The van der Waals surface area contributed by atoms with Gasteiger partial charge >= 0.3 is 0 Å². The zero-order valence-electron chi connectivity index (χ0n) is 9.68. The predicted molar refractivity (Wildman–Crippen MR) is 83.5 cm³/mol. The first kappa shape index (κ1) is 19.7. The number of rotatable bonds is 0. The van der Waals surface area contributed by atoms with E-state index in [0.717, 1.165) is 0 Å². The third-order valence-corrected chi connectivity index (χ3v) is 1.90. The van der Waals surface area contributed by atoms with Crippen LogP contribution >= 0.6 is 48.0 Å². The zero-order chi connectivity index (χ0) is 9.12. The molecule has 0 saturated heterocycles. The summed E-state index contributed by atoms with van der Waals surface area (Å²) < 4.78 is 0. The third-order valence-electron chi connectivity index (χ3n) is 1.90. The maximum absolute atomic E-state index is 2.33. The maximum Gasteiger partial charge on any atom is -0.0167 e.